The molecule has 0 unspecified atom stereocenters. The number of amides is 1. The van der Waals surface area contributed by atoms with E-state index in [1.807, 2.05) is 4.90 Å². The summed E-state index contributed by atoms with van der Waals surface area (Å²) < 4.78 is 0. The van der Waals surface area contributed by atoms with Crippen molar-refractivity contribution in [1.29, 1.82) is 0 Å². The largest absolute Gasteiger partial charge is 0.389 e. The van der Waals surface area contributed by atoms with Crippen LogP contribution in [0.5, 0.6) is 0 Å². The monoisotopic (exact) mass is 293 g/mol. The van der Waals surface area contributed by atoms with E-state index >= 15 is 0 Å². The third kappa shape index (κ3) is 3.30. The van der Waals surface area contributed by atoms with E-state index < -0.39 is 11.0 Å². The number of aliphatic hydroxyl groups is 1. The van der Waals surface area contributed by atoms with Gasteiger partial charge in [-0.1, -0.05) is 6.07 Å². The van der Waals surface area contributed by atoms with Gasteiger partial charge in [0.15, 0.2) is 0 Å². The van der Waals surface area contributed by atoms with Crippen LogP contribution in [0, 0.1) is 16.0 Å². The Morgan fingerprint density at radius 2 is 2.10 bits per heavy atom. The molecule has 1 aromatic carbocycles. The molecule has 0 bridgehead atoms. The first kappa shape index (κ1) is 15.2. The zero-order valence-electron chi connectivity index (χ0n) is 11.9. The molecule has 114 valence electrons. The minimum absolute atomic E-state index is 0.0223. The lowest BCUT2D eigenvalue weighted by molar-refractivity contribution is -0.384. The summed E-state index contributed by atoms with van der Waals surface area (Å²) in [7, 11) is 0. The third-order valence-corrected chi connectivity index (χ3v) is 3.92. The molecular weight excluding hydrogens is 274 g/mol. The highest BCUT2D eigenvalue weighted by Crippen LogP contribution is 2.33. The van der Waals surface area contributed by atoms with Crippen molar-refractivity contribution >= 4 is 17.3 Å². The summed E-state index contributed by atoms with van der Waals surface area (Å²) in [6.45, 7) is 2.68. The van der Waals surface area contributed by atoms with Crippen molar-refractivity contribution in [3.8, 4) is 0 Å². The second-order valence-electron chi connectivity index (χ2n) is 5.34. The average Bonchev–Trinajstić information content (AvgIpc) is 2.46. The Morgan fingerprint density at radius 3 is 2.57 bits per heavy atom. The van der Waals surface area contributed by atoms with Gasteiger partial charge in [-0.2, -0.15) is 0 Å². The van der Waals surface area contributed by atoms with Gasteiger partial charge in [-0.05, 0) is 31.4 Å². The number of aliphatic hydroxyl groups excluding tert-OH is 1. The summed E-state index contributed by atoms with van der Waals surface area (Å²) in [5, 5.41) is 20.8. The number of piperidine rings is 1. The first-order chi connectivity index (χ1) is 9.90. The van der Waals surface area contributed by atoms with Gasteiger partial charge in [0.1, 0.15) is 5.69 Å². The molecule has 0 aliphatic carbocycles. The lowest BCUT2D eigenvalue weighted by Crippen LogP contribution is -2.38. The smallest absolute Gasteiger partial charge is 0.292 e. The number of nitro groups is 1. The summed E-state index contributed by atoms with van der Waals surface area (Å²) in [5.41, 5.74) is 6.30. The summed E-state index contributed by atoms with van der Waals surface area (Å²) in [6, 6.07) is 4.75. The number of hydrogen-bond acceptors (Lipinski definition) is 5. The van der Waals surface area contributed by atoms with Gasteiger partial charge < -0.3 is 15.7 Å². The van der Waals surface area contributed by atoms with Gasteiger partial charge in [0.25, 0.3) is 5.69 Å². The van der Waals surface area contributed by atoms with E-state index in [0.717, 1.165) is 0 Å². The lowest BCUT2D eigenvalue weighted by Gasteiger charge is -2.32. The van der Waals surface area contributed by atoms with Crippen LogP contribution in [0.15, 0.2) is 18.2 Å². The molecule has 0 spiro atoms. The Morgan fingerprint density at radius 1 is 1.48 bits per heavy atom. The molecule has 0 saturated carbocycles. The Labute approximate surface area is 122 Å². The Hall–Kier alpha value is -2.15. The van der Waals surface area contributed by atoms with Crippen LogP contribution in [0.1, 0.15) is 31.4 Å². The summed E-state index contributed by atoms with van der Waals surface area (Å²) in [5.74, 6) is -0.467. The molecular formula is C14H19N3O4. The number of benzene rings is 1. The van der Waals surface area contributed by atoms with Crippen LogP contribution in [0.2, 0.25) is 0 Å². The van der Waals surface area contributed by atoms with Crippen LogP contribution in [0.3, 0.4) is 0 Å². The molecule has 1 amide bonds. The zero-order valence-corrected chi connectivity index (χ0v) is 11.9. The maximum atomic E-state index is 11.2. The van der Waals surface area contributed by atoms with Gasteiger partial charge >= 0.3 is 0 Å². The van der Waals surface area contributed by atoms with Crippen molar-refractivity contribution in [2.24, 2.45) is 11.7 Å². The summed E-state index contributed by atoms with van der Waals surface area (Å²) in [6.07, 6.45) is 0.452. The number of carbonyl (C=O) groups is 1. The van der Waals surface area contributed by atoms with E-state index in [0.29, 0.717) is 37.2 Å². The Kier molecular flexibility index (Phi) is 4.42. The number of nitrogens with zero attached hydrogens (tertiary/aromatic N) is 2. The van der Waals surface area contributed by atoms with Crippen molar-refractivity contribution in [2.75, 3.05) is 18.0 Å². The van der Waals surface area contributed by atoms with E-state index in [4.69, 9.17) is 5.73 Å². The Bertz CT molecular complexity index is 551. The number of rotatable bonds is 4. The molecule has 21 heavy (non-hydrogen) atoms. The number of hydrogen-bond donors (Lipinski definition) is 2. The number of carbonyl (C=O) groups excluding carboxylic acids is 1. The van der Waals surface area contributed by atoms with Crippen LogP contribution in [0.4, 0.5) is 11.4 Å². The van der Waals surface area contributed by atoms with E-state index in [2.05, 4.69) is 0 Å². The minimum atomic E-state index is -0.752. The quantitative estimate of drug-likeness (QED) is 0.643. The zero-order chi connectivity index (χ0) is 15.6. The maximum Gasteiger partial charge on any atom is 0.292 e. The lowest BCUT2D eigenvalue weighted by atomic mass is 9.95. The predicted molar refractivity (Wildman–Crippen MR) is 77.9 cm³/mol. The van der Waals surface area contributed by atoms with Crippen LogP contribution in [-0.2, 0) is 4.79 Å². The maximum absolute atomic E-state index is 11.2. The topological polar surface area (TPSA) is 110 Å². The molecule has 7 nitrogen and oxygen atoms in total. The molecule has 1 fully saturated rings. The fraction of sp³-hybridized carbons (Fsp3) is 0.500. The predicted octanol–water partition coefficient (Wildman–Crippen LogP) is 1.35. The highest BCUT2D eigenvalue weighted by molar-refractivity contribution is 5.77. The molecule has 3 N–H and O–H groups in total. The minimum Gasteiger partial charge on any atom is -0.389 e. The van der Waals surface area contributed by atoms with Gasteiger partial charge in [-0.25, -0.2) is 0 Å². The molecule has 1 atom stereocenters. The second-order valence-corrected chi connectivity index (χ2v) is 5.34. The fourth-order valence-corrected chi connectivity index (χ4v) is 2.62. The Balaban J connectivity index is 2.24. The highest BCUT2D eigenvalue weighted by atomic mass is 16.6. The van der Waals surface area contributed by atoms with Crippen molar-refractivity contribution in [1.82, 2.24) is 0 Å². The van der Waals surface area contributed by atoms with E-state index in [1.165, 1.54) is 6.07 Å². The summed E-state index contributed by atoms with van der Waals surface area (Å²) >= 11 is 0. The second kappa shape index (κ2) is 6.09. The van der Waals surface area contributed by atoms with Gasteiger partial charge in [0, 0.05) is 25.1 Å². The first-order valence-corrected chi connectivity index (χ1v) is 6.91. The first-order valence-electron chi connectivity index (χ1n) is 6.91. The molecule has 1 aromatic rings. The standard InChI is InChI=1S/C14H19N3O4/c1-9(18)11-2-3-12(13(8-11)17(20)21)16-6-4-10(5-7-16)14(15)19/h2-3,8-10,18H,4-7H2,1H3,(H2,15,19)/t9-/m0/s1. The van der Waals surface area contributed by atoms with Crippen molar-refractivity contribution in [2.45, 2.75) is 25.9 Å². The number of nitro benzene ring substituents is 1. The van der Waals surface area contributed by atoms with E-state index in [9.17, 15) is 20.0 Å². The molecule has 0 aromatic heterocycles. The molecule has 2 rings (SSSR count). The SMILES string of the molecule is C[C@H](O)c1ccc(N2CCC(C(N)=O)CC2)c([N+](=O)[O-])c1. The average molecular weight is 293 g/mol. The van der Waals surface area contributed by atoms with E-state index in [-0.39, 0.29) is 17.5 Å². The fourth-order valence-electron chi connectivity index (χ4n) is 2.62. The molecule has 1 saturated heterocycles. The van der Waals surface area contributed by atoms with Crippen molar-refractivity contribution < 1.29 is 14.8 Å². The van der Waals surface area contributed by atoms with Crippen LogP contribution < -0.4 is 10.6 Å². The van der Waals surface area contributed by atoms with E-state index in [1.54, 1.807) is 19.1 Å². The van der Waals surface area contributed by atoms with Crippen LogP contribution in [-0.4, -0.2) is 29.0 Å². The van der Waals surface area contributed by atoms with Crippen LogP contribution >= 0.6 is 0 Å². The molecule has 1 heterocycles. The molecule has 1 aliphatic rings. The van der Waals surface area contributed by atoms with Crippen LogP contribution in [0.25, 0.3) is 0 Å². The number of nitrogens with two attached hydrogens (primary N) is 1. The third-order valence-electron chi connectivity index (χ3n) is 3.92. The van der Waals surface area contributed by atoms with Crippen molar-refractivity contribution in [3.63, 3.8) is 0 Å². The normalized spacial score (nSPS) is 17.5. The molecule has 7 heteroatoms. The van der Waals surface area contributed by atoms with Gasteiger partial charge in [-0.15, -0.1) is 0 Å². The van der Waals surface area contributed by atoms with Crippen molar-refractivity contribution in [3.05, 3.63) is 33.9 Å². The van der Waals surface area contributed by atoms with Gasteiger partial charge in [0.05, 0.1) is 11.0 Å². The van der Waals surface area contributed by atoms with Gasteiger partial charge in [-0.3, -0.25) is 14.9 Å². The highest BCUT2D eigenvalue weighted by Gasteiger charge is 2.27. The summed E-state index contributed by atoms with van der Waals surface area (Å²) in [4.78, 5) is 23.8. The molecule has 1 aliphatic heterocycles. The number of anilines is 1. The number of primary amides is 1. The van der Waals surface area contributed by atoms with Gasteiger partial charge in [0.2, 0.25) is 5.91 Å². The molecule has 0 radical (unpaired) electrons.